The van der Waals surface area contributed by atoms with Gasteiger partial charge in [-0.05, 0) is 13.0 Å². The molecule has 0 atom stereocenters. The van der Waals surface area contributed by atoms with Crippen molar-refractivity contribution in [3.8, 4) is 0 Å². The van der Waals surface area contributed by atoms with E-state index in [9.17, 15) is 0 Å². The lowest BCUT2D eigenvalue weighted by atomic mass is 10.0. The average Bonchev–Trinajstić information content (AvgIpc) is 2.57. The molecular formula is C22H46N. The minimum atomic E-state index is 0.872. The summed E-state index contributed by atoms with van der Waals surface area (Å²) in [6.45, 7) is 4.77. The van der Waals surface area contributed by atoms with Gasteiger partial charge < -0.3 is 5.73 Å². The fourth-order valence-electron chi connectivity index (χ4n) is 3.33. The van der Waals surface area contributed by atoms with E-state index in [1.54, 1.807) is 0 Å². The maximum absolute atomic E-state index is 5.50. The van der Waals surface area contributed by atoms with Crippen LogP contribution in [0.25, 0.3) is 0 Å². The van der Waals surface area contributed by atoms with Crippen molar-refractivity contribution in [1.82, 2.24) is 0 Å². The number of hydrogen-bond donors (Lipinski definition) is 1. The Bertz CT molecular complexity index is 170. The SMILES string of the molecule is [CH2]CCCCCCCCCCCCCCCCCCCCCN. The normalized spacial score (nSPS) is 11.2. The Morgan fingerprint density at radius 3 is 0.783 bits per heavy atom. The molecule has 1 nitrogen and oxygen atoms in total. The lowest BCUT2D eigenvalue weighted by Crippen LogP contribution is -1.97. The second kappa shape index (κ2) is 22.0. The number of hydrogen-bond acceptors (Lipinski definition) is 1. The van der Waals surface area contributed by atoms with Crippen LogP contribution in [0.5, 0.6) is 0 Å². The van der Waals surface area contributed by atoms with Crippen LogP contribution < -0.4 is 5.73 Å². The Labute approximate surface area is 148 Å². The van der Waals surface area contributed by atoms with Crippen molar-refractivity contribution < 1.29 is 0 Å². The molecule has 139 valence electrons. The van der Waals surface area contributed by atoms with E-state index in [2.05, 4.69) is 6.92 Å². The van der Waals surface area contributed by atoms with Crippen LogP contribution in [0.2, 0.25) is 0 Å². The van der Waals surface area contributed by atoms with Gasteiger partial charge in [-0.3, -0.25) is 0 Å². The molecule has 0 aromatic carbocycles. The summed E-state index contributed by atoms with van der Waals surface area (Å²) in [6.07, 6.45) is 28.2. The van der Waals surface area contributed by atoms with Crippen molar-refractivity contribution in [3.05, 3.63) is 6.92 Å². The monoisotopic (exact) mass is 324 g/mol. The molecule has 0 heterocycles. The Balaban J connectivity index is 2.92. The highest BCUT2D eigenvalue weighted by Gasteiger charge is 1.95. The highest BCUT2D eigenvalue weighted by Crippen LogP contribution is 2.14. The molecule has 0 saturated carbocycles. The summed E-state index contributed by atoms with van der Waals surface area (Å²) in [4.78, 5) is 0. The Morgan fingerprint density at radius 2 is 0.565 bits per heavy atom. The van der Waals surface area contributed by atoms with Crippen LogP contribution in [0.3, 0.4) is 0 Å². The molecule has 23 heavy (non-hydrogen) atoms. The summed E-state index contributed by atoms with van der Waals surface area (Å²) >= 11 is 0. The molecule has 0 unspecified atom stereocenters. The van der Waals surface area contributed by atoms with Crippen molar-refractivity contribution in [2.75, 3.05) is 6.54 Å². The van der Waals surface area contributed by atoms with Gasteiger partial charge >= 0.3 is 0 Å². The molecule has 0 rings (SSSR count). The molecule has 0 bridgehead atoms. The van der Waals surface area contributed by atoms with Gasteiger partial charge in [-0.15, -0.1) is 0 Å². The fraction of sp³-hybridized carbons (Fsp3) is 0.955. The zero-order valence-corrected chi connectivity index (χ0v) is 16.1. The highest BCUT2D eigenvalue weighted by atomic mass is 14.5. The molecule has 1 heteroatoms. The summed E-state index contributed by atoms with van der Waals surface area (Å²) in [5.74, 6) is 0. The van der Waals surface area contributed by atoms with Gasteiger partial charge in [0.25, 0.3) is 0 Å². The van der Waals surface area contributed by atoms with Crippen LogP contribution in [0.1, 0.15) is 128 Å². The van der Waals surface area contributed by atoms with E-state index >= 15 is 0 Å². The van der Waals surface area contributed by atoms with E-state index < -0.39 is 0 Å². The second-order valence-corrected chi connectivity index (χ2v) is 7.36. The molecule has 0 saturated heterocycles. The summed E-state index contributed by atoms with van der Waals surface area (Å²) in [7, 11) is 0. The van der Waals surface area contributed by atoms with E-state index in [1.165, 1.54) is 122 Å². The van der Waals surface area contributed by atoms with Crippen LogP contribution in [0, 0.1) is 6.92 Å². The fourth-order valence-corrected chi connectivity index (χ4v) is 3.33. The molecule has 0 fully saturated rings. The van der Waals surface area contributed by atoms with Gasteiger partial charge in [-0.25, -0.2) is 0 Å². The van der Waals surface area contributed by atoms with Crippen LogP contribution >= 0.6 is 0 Å². The van der Waals surface area contributed by atoms with E-state index in [0.717, 1.165) is 13.0 Å². The summed E-state index contributed by atoms with van der Waals surface area (Å²) in [6, 6.07) is 0. The molecular weight excluding hydrogens is 278 g/mol. The predicted molar refractivity (Wildman–Crippen MR) is 107 cm³/mol. The topological polar surface area (TPSA) is 26.0 Å². The van der Waals surface area contributed by atoms with Crippen LogP contribution in [-0.2, 0) is 0 Å². The smallest absolute Gasteiger partial charge is 0.00773 e. The molecule has 1 radical (unpaired) electrons. The van der Waals surface area contributed by atoms with Gasteiger partial charge in [0.05, 0.1) is 0 Å². The third-order valence-corrected chi connectivity index (χ3v) is 4.95. The summed E-state index contributed by atoms with van der Waals surface area (Å²) < 4.78 is 0. The summed E-state index contributed by atoms with van der Waals surface area (Å²) in [5.41, 5.74) is 5.50. The largest absolute Gasteiger partial charge is 0.330 e. The standard InChI is InChI=1S/C22H46N/c1-2-3-4-5-6-7-8-9-10-11-12-13-14-15-16-17-18-19-20-21-22-23/h1-23H2. The van der Waals surface area contributed by atoms with E-state index in [0.29, 0.717) is 0 Å². The third kappa shape index (κ3) is 22.0. The predicted octanol–water partition coefficient (Wildman–Crippen LogP) is 7.58. The van der Waals surface area contributed by atoms with Crippen LogP contribution in [-0.4, -0.2) is 6.54 Å². The van der Waals surface area contributed by atoms with Gasteiger partial charge in [0, 0.05) is 0 Å². The zero-order chi connectivity index (χ0) is 16.8. The molecule has 2 N–H and O–H groups in total. The molecule has 0 aromatic rings. The third-order valence-electron chi connectivity index (χ3n) is 4.95. The second-order valence-electron chi connectivity index (χ2n) is 7.36. The first-order valence-electron chi connectivity index (χ1n) is 10.9. The molecule has 0 aliphatic carbocycles. The first-order valence-corrected chi connectivity index (χ1v) is 10.9. The van der Waals surface area contributed by atoms with Crippen molar-refractivity contribution >= 4 is 0 Å². The Kier molecular flexibility index (Phi) is 21.9. The minimum absolute atomic E-state index is 0.872. The first kappa shape index (κ1) is 23.0. The van der Waals surface area contributed by atoms with E-state index in [-0.39, 0.29) is 0 Å². The van der Waals surface area contributed by atoms with Gasteiger partial charge in [0.15, 0.2) is 0 Å². The quantitative estimate of drug-likeness (QED) is 0.229. The zero-order valence-electron chi connectivity index (χ0n) is 16.1. The maximum atomic E-state index is 5.50. The van der Waals surface area contributed by atoms with Gasteiger partial charge in [-0.1, -0.05) is 129 Å². The maximum Gasteiger partial charge on any atom is -0.00773 e. The average molecular weight is 325 g/mol. The van der Waals surface area contributed by atoms with Gasteiger partial charge in [0.1, 0.15) is 0 Å². The summed E-state index contributed by atoms with van der Waals surface area (Å²) in [5, 5.41) is 0. The Morgan fingerprint density at radius 1 is 0.348 bits per heavy atom. The van der Waals surface area contributed by atoms with E-state index in [4.69, 9.17) is 5.73 Å². The van der Waals surface area contributed by atoms with Crippen molar-refractivity contribution in [3.63, 3.8) is 0 Å². The van der Waals surface area contributed by atoms with Crippen LogP contribution in [0.15, 0.2) is 0 Å². The minimum Gasteiger partial charge on any atom is -0.330 e. The van der Waals surface area contributed by atoms with Crippen molar-refractivity contribution in [1.29, 1.82) is 0 Å². The van der Waals surface area contributed by atoms with Crippen LogP contribution in [0.4, 0.5) is 0 Å². The molecule has 0 spiro atoms. The number of unbranched alkanes of at least 4 members (excludes halogenated alkanes) is 19. The first-order chi connectivity index (χ1) is 11.4. The number of nitrogens with two attached hydrogens (primary N) is 1. The molecule has 0 aromatic heterocycles. The molecule has 0 aliphatic heterocycles. The van der Waals surface area contributed by atoms with Gasteiger partial charge in [0.2, 0.25) is 0 Å². The van der Waals surface area contributed by atoms with E-state index in [1.807, 2.05) is 0 Å². The Hall–Kier alpha value is -0.0400. The lowest BCUT2D eigenvalue weighted by molar-refractivity contribution is 0.523. The highest BCUT2D eigenvalue weighted by molar-refractivity contribution is 4.51. The molecule has 0 amide bonds. The molecule has 0 aliphatic rings. The number of rotatable bonds is 20. The van der Waals surface area contributed by atoms with Gasteiger partial charge in [-0.2, -0.15) is 0 Å². The van der Waals surface area contributed by atoms with Crippen molar-refractivity contribution in [2.45, 2.75) is 128 Å². The lowest BCUT2D eigenvalue weighted by Gasteiger charge is -2.04. The van der Waals surface area contributed by atoms with Crippen molar-refractivity contribution in [2.24, 2.45) is 5.73 Å².